The standard InChI is InChI=1S/C20H21N3O2S2/c1-23-13-12-21-20(23)27-18-7-3-15(4-8-18)22-19(24)11-14-26-17-9-5-16(25-2)6-10-17/h3-10,12-13H,11,14H2,1-2H3,(H,22,24). The molecule has 0 bridgehead atoms. The van der Waals surface area contributed by atoms with Crippen molar-refractivity contribution in [2.75, 3.05) is 18.2 Å². The van der Waals surface area contributed by atoms with Crippen LogP contribution in [0.2, 0.25) is 0 Å². The van der Waals surface area contributed by atoms with Crippen molar-refractivity contribution < 1.29 is 9.53 Å². The number of thioether (sulfide) groups is 1. The Hall–Kier alpha value is -2.38. The second-order valence-electron chi connectivity index (χ2n) is 5.77. The highest BCUT2D eigenvalue weighted by Gasteiger charge is 2.05. The number of methoxy groups -OCH3 is 1. The summed E-state index contributed by atoms with van der Waals surface area (Å²) < 4.78 is 7.12. The van der Waals surface area contributed by atoms with Crippen molar-refractivity contribution in [2.45, 2.75) is 21.4 Å². The van der Waals surface area contributed by atoms with Crippen LogP contribution >= 0.6 is 23.5 Å². The van der Waals surface area contributed by atoms with Gasteiger partial charge in [0.05, 0.1) is 7.11 Å². The van der Waals surface area contributed by atoms with Gasteiger partial charge in [-0.05, 0) is 48.5 Å². The fraction of sp³-hybridized carbons (Fsp3) is 0.200. The summed E-state index contributed by atoms with van der Waals surface area (Å²) in [5, 5.41) is 3.87. The predicted octanol–water partition coefficient (Wildman–Crippen LogP) is 4.70. The van der Waals surface area contributed by atoms with E-state index in [-0.39, 0.29) is 5.91 Å². The van der Waals surface area contributed by atoms with Gasteiger partial charge in [0.1, 0.15) is 5.75 Å². The van der Waals surface area contributed by atoms with Crippen molar-refractivity contribution in [2.24, 2.45) is 7.05 Å². The van der Waals surface area contributed by atoms with Gasteiger partial charge < -0.3 is 14.6 Å². The molecule has 0 saturated heterocycles. The lowest BCUT2D eigenvalue weighted by molar-refractivity contribution is -0.115. The van der Waals surface area contributed by atoms with Crippen molar-refractivity contribution in [1.29, 1.82) is 0 Å². The number of nitrogens with one attached hydrogen (secondary N) is 1. The van der Waals surface area contributed by atoms with E-state index in [1.807, 2.05) is 66.3 Å². The van der Waals surface area contributed by atoms with Gasteiger partial charge >= 0.3 is 0 Å². The molecule has 1 amide bonds. The third-order valence-electron chi connectivity index (χ3n) is 3.78. The average molecular weight is 400 g/mol. The van der Waals surface area contributed by atoms with Crippen LogP contribution in [0.4, 0.5) is 5.69 Å². The molecule has 0 radical (unpaired) electrons. The van der Waals surface area contributed by atoms with Crippen LogP contribution in [0.5, 0.6) is 5.75 Å². The molecule has 0 saturated carbocycles. The SMILES string of the molecule is COc1ccc(SCCC(=O)Nc2ccc(Sc3nccn3C)cc2)cc1. The lowest BCUT2D eigenvalue weighted by Gasteiger charge is -2.07. The maximum absolute atomic E-state index is 12.1. The van der Waals surface area contributed by atoms with E-state index in [1.165, 1.54) is 0 Å². The quantitative estimate of drug-likeness (QED) is 0.557. The molecular weight excluding hydrogens is 378 g/mol. The number of aryl methyl sites for hydroxylation is 1. The van der Waals surface area contributed by atoms with Crippen LogP contribution in [-0.4, -0.2) is 28.3 Å². The minimum Gasteiger partial charge on any atom is -0.497 e. The number of benzene rings is 2. The zero-order valence-electron chi connectivity index (χ0n) is 15.2. The Morgan fingerprint density at radius 3 is 2.44 bits per heavy atom. The minimum atomic E-state index is 0.0144. The first kappa shape index (κ1) is 19.4. The number of amides is 1. The summed E-state index contributed by atoms with van der Waals surface area (Å²) in [6, 6.07) is 15.7. The van der Waals surface area contributed by atoms with E-state index >= 15 is 0 Å². The van der Waals surface area contributed by atoms with Crippen molar-refractivity contribution in [3.8, 4) is 5.75 Å². The Labute approximate surface area is 167 Å². The van der Waals surface area contributed by atoms with E-state index in [2.05, 4.69) is 10.3 Å². The molecule has 5 nitrogen and oxygen atoms in total. The maximum Gasteiger partial charge on any atom is 0.225 e. The average Bonchev–Trinajstić information content (AvgIpc) is 3.08. The molecule has 1 heterocycles. The summed E-state index contributed by atoms with van der Waals surface area (Å²) in [7, 11) is 3.62. The molecule has 3 aromatic rings. The molecule has 0 aliphatic carbocycles. The summed E-state index contributed by atoms with van der Waals surface area (Å²) in [6.07, 6.45) is 4.15. The number of aromatic nitrogens is 2. The van der Waals surface area contributed by atoms with E-state index in [1.54, 1.807) is 36.8 Å². The maximum atomic E-state index is 12.1. The number of hydrogen-bond acceptors (Lipinski definition) is 5. The molecule has 0 unspecified atom stereocenters. The second-order valence-corrected chi connectivity index (χ2v) is 7.98. The summed E-state index contributed by atoms with van der Waals surface area (Å²) in [6.45, 7) is 0. The van der Waals surface area contributed by atoms with Gasteiger partial charge in [0.2, 0.25) is 5.91 Å². The summed E-state index contributed by atoms with van der Waals surface area (Å²) in [4.78, 5) is 18.6. The third-order valence-corrected chi connectivity index (χ3v) is 5.88. The highest BCUT2D eigenvalue weighted by atomic mass is 32.2. The Bertz CT molecular complexity index is 877. The second kappa shape index (κ2) is 9.53. The Kier molecular flexibility index (Phi) is 6.84. The van der Waals surface area contributed by atoms with Crippen molar-refractivity contribution in [3.05, 3.63) is 60.9 Å². The van der Waals surface area contributed by atoms with Crippen LogP contribution in [0.3, 0.4) is 0 Å². The van der Waals surface area contributed by atoms with Crippen LogP contribution in [0, 0.1) is 0 Å². The fourth-order valence-electron chi connectivity index (χ4n) is 2.32. The van der Waals surface area contributed by atoms with Crippen LogP contribution in [-0.2, 0) is 11.8 Å². The van der Waals surface area contributed by atoms with Crippen LogP contribution in [0.1, 0.15) is 6.42 Å². The van der Waals surface area contributed by atoms with Gasteiger partial charge in [-0.3, -0.25) is 4.79 Å². The first-order chi connectivity index (χ1) is 13.1. The van der Waals surface area contributed by atoms with Gasteiger partial charge in [-0.15, -0.1) is 11.8 Å². The molecular formula is C20H21N3O2S2. The van der Waals surface area contributed by atoms with Gasteiger partial charge in [-0.2, -0.15) is 0 Å². The van der Waals surface area contributed by atoms with Crippen molar-refractivity contribution >= 4 is 35.1 Å². The van der Waals surface area contributed by atoms with Crippen molar-refractivity contribution in [3.63, 3.8) is 0 Å². The molecule has 0 atom stereocenters. The molecule has 7 heteroatoms. The Morgan fingerprint density at radius 2 is 1.81 bits per heavy atom. The lowest BCUT2D eigenvalue weighted by atomic mass is 10.3. The molecule has 2 aromatic carbocycles. The van der Waals surface area contributed by atoms with E-state index in [0.717, 1.165) is 32.1 Å². The molecule has 1 aromatic heterocycles. The van der Waals surface area contributed by atoms with E-state index < -0.39 is 0 Å². The molecule has 0 fully saturated rings. The molecule has 140 valence electrons. The minimum absolute atomic E-state index is 0.0144. The van der Waals surface area contributed by atoms with Gasteiger partial charge in [-0.1, -0.05) is 11.8 Å². The van der Waals surface area contributed by atoms with Gasteiger partial charge in [-0.25, -0.2) is 4.98 Å². The highest BCUT2D eigenvalue weighted by Crippen LogP contribution is 2.27. The molecule has 1 N–H and O–H groups in total. The predicted molar refractivity (Wildman–Crippen MR) is 111 cm³/mol. The van der Waals surface area contributed by atoms with E-state index in [4.69, 9.17) is 4.74 Å². The van der Waals surface area contributed by atoms with Gasteiger partial charge in [0, 0.05) is 47.1 Å². The number of carbonyl (C=O) groups is 1. The van der Waals surface area contributed by atoms with Crippen molar-refractivity contribution in [1.82, 2.24) is 9.55 Å². The first-order valence-electron chi connectivity index (χ1n) is 8.46. The highest BCUT2D eigenvalue weighted by molar-refractivity contribution is 7.99. The monoisotopic (exact) mass is 399 g/mol. The van der Waals surface area contributed by atoms with Crippen LogP contribution in [0.15, 0.2) is 75.9 Å². The number of ether oxygens (including phenoxy) is 1. The molecule has 0 aliphatic rings. The smallest absolute Gasteiger partial charge is 0.225 e. The fourth-order valence-corrected chi connectivity index (χ4v) is 3.97. The zero-order valence-corrected chi connectivity index (χ0v) is 16.8. The number of rotatable bonds is 8. The Balaban J connectivity index is 1.44. The number of nitrogens with zero attached hydrogens (tertiary/aromatic N) is 2. The Morgan fingerprint density at radius 1 is 1.11 bits per heavy atom. The molecule has 0 spiro atoms. The summed E-state index contributed by atoms with van der Waals surface area (Å²) >= 11 is 3.24. The van der Waals surface area contributed by atoms with Crippen LogP contribution < -0.4 is 10.1 Å². The number of anilines is 1. The molecule has 3 rings (SSSR count). The lowest BCUT2D eigenvalue weighted by Crippen LogP contribution is -2.12. The third kappa shape index (κ3) is 5.80. The summed E-state index contributed by atoms with van der Waals surface area (Å²) in [5.74, 6) is 1.58. The van der Waals surface area contributed by atoms with Gasteiger partial charge in [0.25, 0.3) is 0 Å². The number of hydrogen-bond donors (Lipinski definition) is 1. The summed E-state index contributed by atoms with van der Waals surface area (Å²) in [5.41, 5.74) is 0.804. The zero-order chi connectivity index (χ0) is 19.1. The normalized spacial score (nSPS) is 10.6. The van der Waals surface area contributed by atoms with Gasteiger partial charge in [0.15, 0.2) is 5.16 Å². The number of imidazole rings is 1. The molecule has 0 aliphatic heterocycles. The molecule has 27 heavy (non-hydrogen) atoms. The number of carbonyl (C=O) groups excluding carboxylic acids is 1. The van der Waals surface area contributed by atoms with E-state index in [0.29, 0.717) is 6.42 Å². The topological polar surface area (TPSA) is 56.1 Å². The van der Waals surface area contributed by atoms with E-state index in [9.17, 15) is 4.79 Å². The first-order valence-corrected chi connectivity index (χ1v) is 10.3. The van der Waals surface area contributed by atoms with Crippen LogP contribution in [0.25, 0.3) is 0 Å². The largest absolute Gasteiger partial charge is 0.497 e.